The van der Waals surface area contributed by atoms with E-state index in [4.69, 9.17) is 4.74 Å². The van der Waals surface area contributed by atoms with E-state index in [-0.39, 0.29) is 6.10 Å². The van der Waals surface area contributed by atoms with Gasteiger partial charge >= 0.3 is 0 Å². The quantitative estimate of drug-likeness (QED) is 0.716. The van der Waals surface area contributed by atoms with E-state index < -0.39 is 0 Å². The van der Waals surface area contributed by atoms with Crippen LogP contribution in [0.25, 0.3) is 0 Å². The molecule has 3 atom stereocenters. The molecule has 0 aromatic rings. The summed E-state index contributed by atoms with van der Waals surface area (Å²) in [6.07, 6.45) is 8.21. The zero-order valence-electron chi connectivity index (χ0n) is 12.3. The fraction of sp³-hybridized carbons (Fsp3) is 1.00. The lowest BCUT2D eigenvalue weighted by atomic mass is 10.0. The third-order valence-electron chi connectivity index (χ3n) is 4.61. The molecule has 4 nitrogen and oxygen atoms in total. The minimum Gasteiger partial charge on any atom is -0.391 e. The number of aliphatic hydroxyl groups excluding tert-OH is 1. The van der Waals surface area contributed by atoms with Crippen molar-refractivity contribution in [2.24, 2.45) is 0 Å². The molecule has 0 aromatic carbocycles. The van der Waals surface area contributed by atoms with Gasteiger partial charge in [0.25, 0.3) is 0 Å². The normalized spacial score (nSPS) is 32.7. The molecular weight excluding hydrogens is 240 g/mol. The van der Waals surface area contributed by atoms with Gasteiger partial charge in [-0.3, -0.25) is 4.90 Å². The highest BCUT2D eigenvalue weighted by atomic mass is 16.5. The van der Waals surface area contributed by atoms with Crippen LogP contribution in [-0.2, 0) is 4.74 Å². The highest BCUT2D eigenvalue weighted by Gasteiger charge is 2.29. The van der Waals surface area contributed by atoms with E-state index in [1.54, 1.807) is 7.11 Å². The summed E-state index contributed by atoms with van der Waals surface area (Å²) in [5.74, 6) is 0. The highest BCUT2D eigenvalue weighted by molar-refractivity contribution is 4.86. The van der Waals surface area contributed by atoms with Crippen molar-refractivity contribution in [3.63, 3.8) is 0 Å². The van der Waals surface area contributed by atoms with Gasteiger partial charge in [0.2, 0.25) is 0 Å². The Labute approximate surface area is 117 Å². The van der Waals surface area contributed by atoms with Gasteiger partial charge < -0.3 is 15.2 Å². The minimum absolute atomic E-state index is 0.152. The molecule has 2 N–H and O–H groups in total. The van der Waals surface area contributed by atoms with Gasteiger partial charge in [-0.1, -0.05) is 19.3 Å². The number of rotatable bonds is 6. The van der Waals surface area contributed by atoms with Gasteiger partial charge in [-0.25, -0.2) is 0 Å². The van der Waals surface area contributed by atoms with E-state index in [1.165, 1.54) is 32.1 Å². The van der Waals surface area contributed by atoms with Crippen LogP contribution in [0.15, 0.2) is 0 Å². The molecule has 0 aromatic heterocycles. The SMILES string of the molecule is COCCN(CC1CCCN1)C1CCCCCC1O. The lowest BCUT2D eigenvalue weighted by Crippen LogP contribution is -2.49. The summed E-state index contributed by atoms with van der Waals surface area (Å²) in [6.45, 7) is 3.91. The van der Waals surface area contributed by atoms with Gasteiger partial charge in [0.05, 0.1) is 12.7 Å². The Bertz CT molecular complexity index is 244. The number of ether oxygens (including phenoxy) is 1. The molecule has 0 spiro atoms. The van der Waals surface area contributed by atoms with Gasteiger partial charge in [-0.05, 0) is 32.2 Å². The van der Waals surface area contributed by atoms with Gasteiger partial charge in [-0.2, -0.15) is 0 Å². The molecule has 2 fully saturated rings. The molecule has 2 aliphatic rings. The molecular formula is C15H30N2O2. The first-order valence-corrected chi connectivity index (χ1v) is 7.95. The molecule has 1 heterocycles. The second-order valence-electron chi connectivity index (χ2n) is 6.05. The summed E-state index contributed by atoms with van der Waals surface area (Å²) in [5, 5.41) is 14.0. The van der Waals surface area contributed by atoms with Crippen molar-refractivity contribution in [1.82, 2.24) is 10.2 Å². The molecule has 1 aliphatic carbocycles. The smallest absolute Gasteiger partial charge is 0.0695 e. The van der Waals surface area contributed by atoms with Crippen molar-refractivity contribution < 1.29 is 9.84 Å². The molecule has 1 saturated heterocycles. The van der Waals surface area contributed by atoms with Crippen LogP contribution in [-0.4, -0.2) is 61.5 Å². The topological polar surface area (TPSA) is 44.7 Å². The zero-order valence-corrected chi connectivity index (χ0v) is 12.3. The average molecular weight is 270 g/mol. The summed E-state index contributed by atoms with van der Waals surface area (Å²) in [5.41, 5.74) is 0. The van der Waals surface area contributed by atoms with Crippen LogP contribution in [0.4, 0.5) is 0 Å². The average Bonchev–Trinajstić information content (AvgIpc) is 2.83. The van der Waals surface area contributed by atoms with Crippen LogP contribution < -0.4 is 5.32 Å². The summed E-state index contributed by atoms with van der Waals surface area (Å²) in [7, 11) is 1.76. The largest absolute Gasteiger partial charge is 0.391 e. The predicted octanol–water partition coefficient (Wildman–Crippen LogP) is 1.38. The van der Waals surface area contributed by atoms with Gasteiger partial charge in [0.1, 0.15) is 0 Å². The van der Waals surface area contributed by atoms with Gasteiger partial charge in [-0.15, -0.1) is 0 Å². The van der Waals surface area contributed by atoms with Crippen molar-refractivity contribution in [2.45, 2.75) is 63.1 Å². The zero-order chi connectivity index (χ0) is 13.5. The lowest BCUT2D eigenvalue weighted by Gasteiger charge is -2.35. The van der Waals surface area contributed by atoms with Crippen molar-refractivity contribution in [3.8, 4) is 0 Å². The minimum atomic E-state index is -0.152. The Hall–Kier alpha value is -0.160. The molecule has 0 bridgehead atoms. The molecule has 19 heavy (non-hydrogen) atoms. The maximum Gasteiger partial charge on any atom is 0.0695 e. The first kappa shape index (κ1) is 15.2. The Morgan fingerprint density at radius 3 is 2.74 bits per heavy atom. The maximum atomic E-state index is 10.4. The van der Waals surface area contributed by atoms with Crippen LogP contribution in [0.1, 0.15) is 44.9 Å². The standard InChI is InChI=1S/C15H30N2O2/c1-19-11-10-17(12-13-6-5-9-16-13)14-7-3-2-4-8-15(14)18/h13-16,18H,2-12H2,1H3. The van der Waals surface area contributed by atoms with Crippen LogP contribution in [0.3, 0.4) is 0 Å². The van der Waals surface area contributed by atoms with Crippen molar-refractivity contribution >= 4 is 0 Å². The first-order chi connectivity index (χ1) is 9.31. The van der Waals surface area contributed by atoms with E-state index in [9.17, 15) is 5.11 Å². The number of nitrogens with one attached hydrogen (secondary N) is 1. The van der Waals surface area contributed by atoms with Crippen molar-refractivity contribution in [3.05, 3.63) is 0 Å². The Balaban J connectivity index is 1.92. The third-order valence-corrected chi connectivity index (χ3v) is 4.61. The number of methoxy groups -OCH3 is 1. The van der Waals surface area contributed by atoms with E-state index >= 15 is 0 Å². The van der Waals surface area contributed by atoms with E-state index in [2.05, 4.69) is 10.2 Å². The summed E-state index contributed by atoms with van der Waals surface area (Å²) < 4.78 is 5.25. The number of hydrogen-bond acceptors (Lipinski definition) is 4. The summed E-state index contributed by atoms with van der Waals surface area (Å²) in [6, 6.07) is 0.937. The molecule has 0 radical (unpaired) electrons. The van der Waals surface area contributed by atoms with Gasteiger partial charge in [0.15, 0.2) is 0 Å². The lowest BCUT2D eigenvalue weighted by molar-refractivity contribution is 0.0259. The molecule has 0 amide bonds. The molecule has 1 aliphatic heterocycles. The second kappa shape index (κ2) is 8.20. The summed E-state index contributed by atoms with van der Waals surface area (Å²) >= 11 is 0. The number of hydrogen-bond donors (Lipinski definition) is 2. The molecule has 4 heteroatoms. The third kappa shape index (κ3) is 4.71. The maximum absolute atomic E-state index is 10.4. The Morgan fingerprint density at radius 2 is 2.00 bits per heavy atom. The molecule has 112 valence electrons. The van der Waals surface area contributed by atoms with Crippen LogP contribution >= 0.6 is 0 Å². The Kier molecular flexibility index (Phi) is 6.57. The number of aliphatic hydroxyl groups is 1. The van der Waals surface area contributed by atoms with Crippen LogP contribution in [0.5, 0.6) is 0 Å². The fourth-order valence-corrected chi connectivity index (χ4v) is 3.49. The molecule has 3 unspecified atom stereocenters. The van der Waals surface area contributed by atoms with E-state index in [0.29, 0.717) is 12.1 Å². The van der Waals surface area contributed by atoms with Crippen molar-refractivity contribution in [1.29, 1.82) is 0 Å². The fourth-order valence-electron chi connectivity index (χ4n) is 3.49. The predicted molar refractivity (Wildman–Crippen MR) is 77.4 cm³/mol. The van der Waals surface area contributed by atoms with E-state index in [0.717, 1.165) is 39.1 Å². The van der Waals surface area contributed by atoms with Gasteiger partial charge in [0, 0.05) is 32.3 Å². The van der Waals surface area contributed by atoms with Crippen LogP contribution in [0, 0.1) is 0 Å². The second-order valence-corrected chi connectivity index (χ2v) is 6.05. The van der Waals surface area contributed by atoms with Crippen LogP contribution in [0.2, 0.25) is 0 Å². The molecule has 1 saturated carbocycles. The molecule has 2 rings (SSSR count). The monoisotopic (exact) mass is 270 g/mol. The summed E-state index contributed by atoms with van der Waals surface area (Å²) in [4.78, 5) is 2.47. The highest BCUT2D eigenvalue weighted by Crippen LogP contribution is 2.23. The first-order valence-electron chi connectivity index (χ1n) is 7.95. The van der Waals surface area contributed by atoms with Crippen molar-refractivity contribution in [2.75, 3.05) is 33.4 Å². The van der Waals surface area contributed by atoms with E-state index in [1.807, 2.05) is 0 Å². The number of nitrogens with zero attached hydrogens (tertiary/aromatic N) is 1. The Morgan fingerprint density at radius 1 is 1.16 bits per heavy atom.